The molecule has 23 heavy (non-hydrogen) atoms. The van der Waals surface area contributed by atoms with Gasteiger partial charge in [-0.05, 0) is 32.0 Å². The summed E-state index contributed by atoms with van der Waals surface area (Å²) in [5, 5.41) is 9.71. The molecule has 0 fully saturated rings. The summed E-state index contributed by atoms with van der Waals surface area (Å²) in [6.45, 7) is 4.04. The summed E-state index contributed by atoms with van der Waals surface area (Å²) in [4.78, 5) is 29.2. The molecule has 0 aliphatic rings. The number of hydrogen-bond donors (Lipinski definition) is 1. The number of amides is 1. The second-order valence-corrected chi connectivity index (χ2v) is 7.58. The lowest BCUT2D eigenvalue weighted by atomic mass is 10.2. The average Bonchev–Trinajstić information content (AvgIpc) is 2.86. The van der Waals surface area contributed by atoms with Crippen LogP contribution in [0.15, 0.2) is 22.7 Å². The minimum atomic E-state index is -0.889. The molecule has 0 unspecified atom stereocenters. The lowest BCUT2D eigenvalue weighted by molar-refractivity contribution is -0.139. The Morgan fingerprint density at radius 3 is 2.74 bits per heavy atom. The molecule has 0 bridgehead atoms. The van der Waals surface area contributed by atoms with Crippen LogP contribution in [-0.4, -0.2) is 39.5 Å². The topological polar surface area (TPSA) is 70.5 Å². The maximum atomic E-state index is 12.3. The first kappa shape index (κ1) is 17.9. The van der Waals surface area contributed by atoms with Crippen molar-refractivity contribution in [2.24, 2.45) is 0 Å². The number of rotatable bonds is 7. The minimum Gasteiger partial charge on any atom is -0.481 e. The second kappa shape index (κ2) is 7.88. The van der Waals surface area contributed by atoms with Gasteiger partial charge in [0.1, 0.15) is 0 Å². The van der Waals surface area contributed by atoms with Gasteiger partial charge in [0.05, 0.1) is 21.6 Å². The lowest BCUT2D eigenvalue weighted by Crippen LogP contribution is -2.38. The maximum Gasteiger partial charge on any atom is 0.305 e. The zero-order valence-electron chi connectivity index (χ0n) is 13.1. The smallest absolute Gasteiger partial charge is 0.305 e. The number of aryl methyl sites for hydroxylation is 1. The zero-order valence-corrected chi connectivity index (χ0v) is 15.5. The van der Waals surface area contributed by atoms with Crippen molar-refractivity contribution >= 4 is 49.4 Å². The first-order chi connectivity index (χ1) is 10.9. The predicted molar refractivity (Wildman–Crippen MR) is 94.7 cm³/mol. The number of carbonyl (C=O) groups excluding carboxylic acids is 1. The predicted octanol–water partition coefficient (Wildman–Crippen LogP) is 3.70. The van der Waals surface area contributed by atoms with E-state index in [0.29, 0.717) is 12.8 Å². The minimum absolute atomic E-state index is 0.00632. The molecule has 7 heteroatoms. The van der Waals surface area contributed by atoms with Gasteiger partial charge < -0.3 is 10.0 Å². The number of halogens is 1. The summed E-state index contributed by atoms with van der Waals surface area (Å²) < 4.78 is 2.08. The van der Waals surface area contributed by atoms with Gasteiger partial charge in [0, 0.05) is 29.9 Å². The van der Waals surface area contributed by atoms with Crippen molar-refractivity contribution in [3.8, 4) is 0 Å². The van der Waals surface area contributed by atoms with Crippen molar-refractivity contribution < 1.29 is 14.7 Å². The van der Waals surface area contributed by atoms with Crippen molar-refractivity contribution in [1.29, 1.82) is 0 Å². The van der Waals surface area contributed by atoms with Gasteiger partial charge in [0.25, 0.3) is 0 Å². The highest BCUT2D eigenvalue weighted by atomic mass is 79.9. The average molecular weight is 399 g/mol. The highest BCUT2D eigenvalue weighted by Crippen LogP contribution is 2.26. The quantitative estimate of drug-likeness (QED) is 0.771. The summed E-state index contributed by atoms with van der Waals surface area (Å²) in [5.74, 6) is -0.915. The summed E-state index contributed by atoms with van der Waals surface area (Å²) in [6, 6.07) is 5.94. The van der Waals surface area contributed by atoms with Crippen molar-refractivity contribution in [1.82, 2.24) is 9.88 Å². The van der Waals surface area contributed by atoms with E-state index in [-0.39, 0.29) is 24.9 Å². The number of nitrogens with zero attached hydrogens (tertiary/aromatic N) is 2. The number of carboxylic acid groups (broad SMARTS) is 1. The molecule has 5 nitrogen and oxygen atoms in total. The van der Waals surface area contributed by atoms with Crippen LogP contribution in [0.2, 0.25) is 0 Å². The van der Waals surface area contributed by atoms with Crippen molar-refractivity contribution in [3.63, 3.8) is 0 Å². The van der Waals surface area contributed by atoms with Gasteiger partial charge >= 0.3 is 5.97 Å². The Kier molecular flexibility index (Phi) is 6.12. The second-order valence-electron chi connectivity index (χ2n) is 5.54. The van der Waals surface area contributed by atoms with Crippen LogP contribution < -0.4 is 0 Å². The fourth-order valence-corrected chi connectivity index (χ4v) is 3.60. The third-order valence-corrected chi connectivity index (χ3v) is 5.05. The van der Waals surface area contributed by atoms with Crippen LogP contribution in [-0.2, 0) is 16.0 Å². The Bertz CT molecular complexity index is 714. The molecule has 1 amide bonds. The van der Waals surface area contributed by atoms with E-state index < -0.39 is 5.97 Å². The van der Waals surface area contributed by atoms with Gasteiger partial charge in [-0.2, -0.15) is 0 Å². The van der Waals surface area contributed by atoms with E-state index in [4.69, 9.17) is 5.11 Å². The SMILES string of the molecule is CC(C)N(CCC(=O)O)C(=O)CCc1nc2cc(Br)ccc2s1. The fraction of sp³-hybridized carbons (Fsp3) is 0.438. The highest BCUT2D eigenvalue weighted by molar-refractivity contribution is 9.10. The van der Waals surface area contributed by atoms with E-state index in [0.717, 1.165) is 19.7 Å². The first-order valence-electron chi connectivity index (χ1n) is 7.43. The molecule has 0 saturated heterocycles. The normalized spacial score (nSPS) is 11.1. The number of aliphatic carboxylic acids is 1. The Morgan fingerprint density at radius 2 is 2.09 bits per heavy atom. The molecule has 124 valence electrons. The van der Waals surface area contributed by atoms with Crippen LogP contribution in [0.4, 0.5) is 0 Å². The number of thiazole rings is 1. The molecule has 1 aromatic heterocycles. The van der Waals surface area contributed by atoms with Crippen LogP contribution in [0.25, 0.3) is 10.2 Å². The van der Waals surface area contributed by atoms with Crippen LogP contribution in [0.5, 0.6) is 0 Å². The summed E-state index contributed by atoms with van der Waals surface area (Å²) in [6.07, 6.45) is 0.893. The van der Waals surface area contributed by atoms with Gasteiger partial charge in [-0.25, -0.2) is 4.98 Å². The number of carboxylic acids is 1. The van der Waals surface area contributed by atoms with E-state index >= 15 is 0 Å². The Morgan fingerprint density at radius 1 is 1.35 bits per heavy atom. The number of benzene rings is 1. The largest absolute Gasteiger partial charge is 0.481 e. The molecular weight excluding hydrogens is 380 g/mol. The molecular formula is C16H19BrN2O3S. The Hall–Kier alpha value is -1.47. The van der Waals surface area contributed by atoms with Crippen molar-refractivity contribution in [2.45, 2.75) is 39.2 Å². The standard InChI is InChI=1S/C16H19BrN2O3S/c1-10(2)19(8-7-16(21)22)15(20)6-5-14-18-12-9-11(17)3-4-13(12)23-14/h3-4,9-10H,5-8H2,1-2H3,(H,21,22). The van der Waals surface area contributed by atoms with E-state index in [1.54, 1.807) is 16.2 Å². The van der Waals surface area contributed by atoms with E-state index in [9.17, 15) is 9.59 Å². The van der Waals surface area contributed by atoms with E-state index in [1.807, 2.05) is 32.0 Å². The summed E-state index contributed by atoms with van der Waals surface area (Å²) in [7, 11) is 0. The van der Waals surface area contributed by atoms with E-state index in [1.165, 1.54) is 0 Å². The monoisotopic (exact) mass is 398 g/mol. The molecule has 0 spiro atoms. The molecule has 1 heterocycles. The first-order valence-corrected chi connectivity index (χ1v) is 9.04. The molecule has 1 N–H and O–H groups in total. The van der Waals surface area contributed by atoms with Crippen molar-refractivity contribution in [2.75, 3.05) is 6.54 Å². The van der Waals surface area contributed by atoms with Gasteiger partial charge in [0.2, 0.25) is 5.91 Å². The van der Waals surface area contributed by atoms with Gasteiger partial charge in [0.15, 0.2) is 0 Å². The molecule has 0 aliphatic heterocycles. The van der Waals surface area contributed by atoms with Crippen LogP contribution in [0.1, 0.15) is 31.7 Å². The molecule has 0 saturated carbocycles. The molecule has 0 atom stereocenters. The molecule has 0 aliphatic carbocycles. The zero-order chi connectivity index (χ0) is 17.0. The highest BCUT2D eigenvalue weighted by Gasteiger charge is 2.18. The van der Waals surface area contributed by atoms with Crippen LogP contribution in [0.3, 0.4) is 0 Å². The number of hydrogen-bond acceptors (Lipinski definition) is 4. The molecule has 2 aromatic rings. The fourth-order valence-electron chi connectivity index (χ4n) is 2.30. The van der Waals surface area contributed by atoms with Crippen molar-refractivity contribution in [3.05, 3.63) is 27.7 Å². The molecule has 0 radical (unpaired) electrons. The van der Waals surface area contributed by atoms with Crippen LogP contribution >= 0.6 is 27.3 Å². The lowest BCUT2D eigenvalue weighted by Gasteiger charge is -2.26. The van der Waals surface area contributed by atoms with Gasteiger partial charge in [-0.15, -0.1) is 11.3 Å². The summed E-state index contributed by atoms with van der Waals surface area (Å²) >= 11 is 5.01. The van der Waals surface area contributed by atoms with Gasteiger partial charge in [-0.1, -0.05) is 15.9 Å². The third kappa shape index (κ3) is 5.00. The maximum absolute atomic E-state index is 12.3. The number of carbonyl (C=O) groups is 2. The van der Waals surface area contributed by atoms with E-state index in [2.05, 4.69) is 20.9 Å². The molecule has 1 aromatic carbocycles. The van der Waals surface area contributed by atoms with Crippen LogP contribution in [0, 0.1) is 0 Å². The Balaban J connectivity index is 1.99. The third-order valence-electron chi connectivity index (χ3n) is 3.46. The summed E-state index contributed by atoms with van der Waals surface area (Å²) in [5.41, 5.74) is 0.929. The Labute approximate surface area is 147 Å². The van der Waals surface area contributed by atoms with Gasteiger partial charge in [-0.3, -0.25) is 9.59 Å². The number of aromatic nitrogens is 1. The molecule has 2 rings (SSSR count). The number of fused-ring (bicyclic) bond motifs is 1.